The van der Waals surface area contributed by atoms with Crippen molar-refractivity contribution in [1.82, 2.24) is 0 Å². The third-order valence-corrected chi connectivity index (χ3v) is 3.86. The Hall–Kier alpha value is -0.0400. The summed E-state index contributed by atoms with van der Waals surface area (Å²) in [6, 6.07) is 0. The van der Waals surface area contributed by atoms with Crippen molar-refractivity contribution < 1.29 is 5.11 Å². The van der Waals surface area contributed by atoms with E-state index < -0.39 is 0 Å². The summed E-state index contributed by atoms with van der Waals surface area (Å²) in [6.45, 7) is 4.49. The molecule has 0 aromatic heterocycles. The summed E-state index contributed by atoms with van der Waals surface area (Å²) in [5.41, 5.74) is -0.291. The lowest BCUT2D eigenvalue weighted by atomic mass is 9.75. The van der Waals surface area contributed by atoms with Crippen LogP contribution in [0.3, 0.4) is 0 Å². The van der Waals surface area contributed by atoms with Crippen LogP contribution >= 0.6 is 0 Å². The Kier molecular flexibility index (Phi) is 4.94. The number of hydrogen-bond donors (Lipinski definition) is 1. The zero-order valence-corrected chi connectivity index (χ0v) is 9.89. The van der Waals surface area contributed by atoms with Crippen LogP contribution in [0.25, 0.3) is 0 Å². The third-order valence-electron chi connectivity index (χ3n) is 3.86. The van der Waals surface area contributed by atoms with Gasteiger partial charge in [0.1, 0.15) is 0 Å². The van der Waals surface area contributed by atoms with Crippen molar-refractivity contribution in [3.8, 4) is 0 Å². The fourth-order valence-corrected chi connectivity index (χ4v) is 2.58. The van der Waals surface area contributed by atoms with Gasteiger partial charge in [-0.25, -0.2) is 0 Å². The molecule has 0 spiro atoms. The van der Waals surface area contributed by atoms with Crippen LogP contribution < -0.4 is 0 Å². The smallest absolute Gasteiger partial charge is 0.0648 e. The molecule has 1 heteroatoms. The lowest BCUT2D eigenvalue weighted by molar-refractivity contribution is -0.0187. The van der Waals surface area contributed by atoms with Crippen molar-refractivity contribution in [1.29, 1.82) is 0 Å². The normalized spacial score (nSPS) is 33.2. The second-order valence-electron chi connectivity index (χ2n) is 5.03. The molecule has 1 N–H and O–H groups in total. The molecule has 1 saturated carbocycles. The molecule has 0 radical (unpaired) electrons. The summed E-state index contributed by atoms with van der Waals surface area (Å²) in [5.74, 6) is 0.890. The number of unbranched alkanes of at least 4 members (excludes halogenated alkanes) is 2. The van der Waals surface area contributed by atoms with Gasteiger partial charge in [-0.3, -0.25) is 0 Å². The first-order valence-corrected chi connectivity index (χ1v) is 6.42. The van der Waals surface area contributed by atoms with Gasteiger partial charge in [-0.2, -0.15) is 0 Å². The quantitative estimate of drug-likeness (QED) is 0.664. The van der Waals surface area contributed by atoms with Gasteiger partial charge < -0.3 is 5.11 Å². The Balaban J connectivity index is 2.23. The van der Waals surface area contributed by atoms with Crippen LogP contribution in [0.2, 0.25) is 0 Å². The van der Waals surface area contributed by atoms with E-state index in [2.05, 4.69) is 13.8 Å². The fourth-order valence-electron chi connectivity index (χ4n) is 2.58. The van der Waals surface area contributed by atoms with Gasteiger partial charge in [0.25, 0.3) is 0 Å². The number of rotatable bonds is 5. The highest BCUT2D eigenvalue weighted by Crippen LogP contribution is 2.36. The Labute approximate surface area is 88.9 Å². The van der Waals surface area contributed by atoms with Crippen molar-refractivity contribution in [3.05, 3.63) is 0 Å². The SMILES string of the molecule is CCCCCC1(O)CCC(CC)CC1. The molecule has 0 bridgehead atoms. The van der Waals surface area contributed by atoms with Crippen LogP contribution in [0.1, 0.15) is 71.6 Å². The summed E-state index contributed by atoms with van der Waals surface area (Å²) in [7, 11) is 0. The molecule has 0 aliphatic heterocycles. The molecule has 0 amide bonds. The van der Waals surface area contributed by atoms with Crippen LogP contribution in [-0.4, -0.2) is 10.7 Å². The van der Waals surface area contributed by atoms with Crippen LogP contribution in [0.15, 0.2) is 0 Å². The van der Waals surface area contributed by atoms with E-state index in [4.69, 9.17) is 0 Å². The molecular weight excluding hydrogens is 172 g/mol. The fraction of sp³-hybridized carbons (Fsp3) is 1.00. The van der Waals surface area contributed by atoms with E-state index in [0.717, 1.165) is 25.2 Å². The highest BCUT2D eigenvalue weighted by molar-refractivity contribution is 4.84. The van der Waals surface area contributed by atoms with Crippen LogP contribution in [0.5, 0.6) is 0 Å². The summed E-state index contributed by atoms with van der Waals surface area (Å²) in [6.07, 6.45) is 10.7. The van der Waals surface area contributed by atoms with Crippen LogP contribution in [0.4, 0.5) is 0 Å². The molecule has 1 aliphatic carbocycles. The predicted molar refractivity (Wildman–Crippen MR) is 61.3 cm³/mol. The molecule has 1 nitrogen and oxygen atoms in total. The number of hydrogen-bond acceptors (Lipinski definition) is 1. The van der Waals surface area contributed by atoms with E-state index in [0.29, 0.717) is 0 Å². The first-order chi connectivity index (χ1) is 6.70. The molecular formula is C13H26O. The highest BCUT2D eigenvalue weighted by atomic mass is 16.3. The molecule has 0 atom stereocenters. The molecule has 14 heavy (non-hydrogen) atoms. The van der Waals surface area contributed by atoms with Gasteiger partial charge in [-0.05, 0) is 38.0 Å². The third kappa shape index (κ3) is 3.61. The lowest BCUT2D eigenvalue weighted by Gasteiger charge is -2.36. The minimum Gasteiger partial charge on any atom is -0.390 e. The summed E-state index contributed by atoms with van der Waals surface area (Å²) in [4.78, 5) is 0. The molecule has 84 valence electrons. The average Bonchev–Trinajstić information content (AvgIpc) is 2.19. The summed E-state index contributed by atoms with van der Waals surface area (Å²) < 4.78 is 0. The van der Waals surface area contributed by atoms with Gasteiger partial charge in [0.15, 0.2) is 0 Å². The average molecular weight is 198 g/mol. The first kappa shape index (κ1) is 12.0. The Bertz CT molecular complexity index is 140. The van der Waals surface area contributed by atoms with Crippen molar-refractivity contribution in [2.24, 2.45) is 5.92 Å². The van der Waals surface area contributed by atoms with Crippen molar-refractivity contribution >= 4 is 0 Å². The van der Waals surface area contributed by atoms with E-state index in [9.17, 15) is 5.11 Å². The van der Waals surface area contributed by atoms with E-state index in [1.807, 2.05) is 0 Å². The molecule has 0 aromatic carbocycles. The summed E-state index contributed by atoms with van der Waals surface area (Å²) >= 11 is 0. The first-order valence-electron chi connectivity index (χ1n) is 6.42. The van der Waals surface area contributed by atoms with Gasteiger partial charge in [0.2, 0.25) is 0 Å². The van der Waals surface area contributed by atoms with Gasteiger partial charge in [0, 0.05) is 0 Å². The van der Waals surface area contributed by atoms with Gasteiger partial charge in [-0.1, -0.05) is 39.5 Å². The van der Waals surface area contributed by atoms with Crippen LogP contribution in [-0.2, 0) is 0 Å². The van der Waals surface area contributed by atoms with Crippen molar-refractivity contribution in [2.75, 3.05) is 0 Å². The second kappa shape index (κ2) is 5.75. The maximum atomic E-state index is 10.3. The Morgan fingerprint density at radius 3 is 2.29 bits per heavy atom. The molecule has 1 fully saturated rings. The lowest BCUT2D eigenvalue weighted by Crippen LogP contribution is -2.33. The van der Waals surface area contributed by atoms with Crippen LogP contribution in [0, 0.1) is 5.92 Å². The molecule has 1 rings (SSSR count). The van der Waals surface area contributed by atoms with Gasteiger partial charge in [-0.15, -0.1) is 0 Å². The maximum absolute atomic E-state index is 10.3. The predicted octanol–water partition coefficient (Wildman–Crippen LogP) is 3.90. The highest BCUT2D eigenvalue weighted by Gasteiger charge is 2.31. The monoisotopic (exact) mass is 198 g/mol. The van der Waals surface area contributed by atoms with E-state index in [1.54, 1.807) is 0 Å². The minimum absolute atomic E-state index is 0.291. The van der Waals surface area contributed by atoms with E-state index in [1.165, 1.54) is 38.5 Å². The molecule has 0 aromatic rings. The zero-order chi connectivity index (χ0) is 10.4. The van der Waals surface area contributed by atoms with Gasteiger partial charge >= 0.3 is 0 Å². The van der Waals surface area contributed by atoms with Gasteiger partial charge in [0.05, 0.1) is 5.60 Å². The number of aliphatic hydroxyl groups is 1. The standard InChI is InChI=1S/C13H26O/c1-3-5-6-9-13(14)10-7-12(4-2)8-11-13/h12,14H,3-11H2,1-2H3. The summed E-state index contributed by atoms with van der Waals surface area (Å²) in [5, 5.41) is 10.3. The minimum atomic E-state index is -0.291. The molecule has 1 aliphatic rings. The van der Waals surface area contributed by atoms with E-state index in [-0.39, 0.29) is 5.60 Å². The topological polar surface area (TPSA) is 20.2 Å². The second-order valence-corrected chi connectivity index (χ2v) is 5.03. The molecule has 0 unspecified atom stereocenters. The largest absolute Gasteiger partial charge is 0.390 e. The Morgan fingerprint density at radius 2 is 1.79 bits per heavy atom. The van der Waals surface area contributed by atoms with Crippen molar-refractivity contribution in [3.63, 3.8) is 0 Å². The molecule has 0 heterocycles. The van der Waals surface area contributed by atoms with Crippen molar-refractivity contribution in [2.45, 2.75) is 77.2 Å². The molecule has 0 saturated heterocycles. The van der Waals surface area contributed by atoms with E-state index >= 15 is 0 Å². The Morgan fingerprint density at radius 1 is 1.14 bits per heavy atom. The maximum Gasteiger partial charge on any atom is 0.0648 e. The zero-order valence-electron chi connectivity index (χ0n) is 9.89.